The van der Waals surface area contributed by atoms with Crippen LogP contribution in [0, 0.1) is 0 Å². The third kappa shape index (κ3) is 5.34. The lowest BCUT2D eigenvalue weighted by molar-refractivity contribution is 0.0920. The van der Waals surface area contributed by atoms with Crippen LogP contribution in [0.4, 0.5) is 0 Å². The molecule has 0 bridgehead atoms. The number of hydrogen-bond acceptors (Lipinski definition) is 4. The number of carbonyl (C=O) groups is 1. The number of hydrogen-bond donors (Lipinski definition) is 1. The van der Waals surface area contributed by atoms with Gasteiger partial charge in [0.1, 0.15) is 18.1 Å². The maximum atomic E-state index is 12.2. The molecule has 0 aliphatic carbocycles. The molecule has 27 heavy (non-hydrogen) atoms. The number of nitrogens with one attached hydrogen (secondary N) is 1. The average molecular weight is 430 g/mol. The summed E-state index contributed by atoms with van der Waals surface area (Å²) < 4.78 is 14.1. The second kappa shape index (κ2) is 9.23. The van der Waals surface area contributed by atoms with Gasteiger partial charge in [0.05, 0.1) is 17.2 Å². The van der Waals surface area contributed by atoms with E-state index in [1.807, 2.05) is 36.5 Å². The Morgan fingerprint density at radius 2 is 2.19 bits per heavy atom. The van der Waals surface area contributed by atoms with Crippen molar-refractivity contribution in [2.75, 3.05) is 6.54 Å². The SMILES string of the molecule is C=CCc1ccccc1OCc1ccc(C(=O)NCCn2cc(Br)cn2)o1. The number of ether oxygens (including phenoxy) is 1. The summed E-state index contributed by atoms with van der Waals surface area (Å²) >= 11 is 3.33. The highest BCUT2D eigenvalue weighted by molar-refractivity contribution is 9.10. The van der Waals surface area contributed by atoms with Crippen LogP contribution in [-0.2, 0) is 19.6 Å². The largest absolute Gasteiger partial charge is 0.485 e. The molecule has 6 nitrogen and oxygen atoms in total. The molecule has 1 aromatic carbocycles. The third-order valence-corrected chi connectivity index (χ3v) is 4.23. The summed E-state index contributed by atoms with van der Waals surface area (Å²) in [5, 5.41) is 6.94. The first kappa shape index (κ1) is 19.0. The van der Waals surface area contributed by atoms with E-state index in [-0.39, 0.29) is 18.3 Å². The van der Waals surface area contributed by atoms with Crippen molar-refractivity contribution < 1.29 is 13.9 Å². The lowest BCUT2D eigenvalue weighted by Crippen LogP contribution is -2.27. The van der Waals surface area contributed by atoms with Crippen LogP contribution in [0.1, 0.15) is 21.9 Å². The number of aromatic nitrogens is 2. The van der Waals surface area contributed by atoms with Crippen molar-refractivity contribution in [3.05, 3.63) is 83.0 Å². The minimum Gasteiger partial charge on any atom is -0.485 e. The van der Waals surface area contributed by atoms with Crippen LogP contribution < -0.4 is 10.1 Å². The summed E-state index contributed by atoms with van der Waals surface area (Å²) in [4.78, 5) is 12.2. The van der Waals surface area contributed by atoms with E-state index in [0.717, 1.165) is 22.2 Å². The van der Waals surface area contributed by atoms with Crippen LogP contribution in [0.15, 0.2) is 70.3 Å². The monoisotopic (exact) mass is 429 g/mol. The van der Waals surface area contributed by atoms with Gasteiger partial charge >= 0.3 is 0 Å². The summed E-state index contributed by atoms with van der Waals surface area (Å²) in [7, 11) is 0. The number of halogens is 1. The summed E-state index contributed by atoms with van der Waals surface area (Å²) in [5.41, 5.74) is 1.06. The number of nitrogens with zero attached hydrogens (tertiary/aromatic N) is 2. The van der Waals surface area contributed by atoms with E-state index in [1.165, 1.54) is 0 Å². The average Bonchev–Trinajstić information content (AvgIpc) is 3.30. The first-order chi connectivity index (χ1) is 13.2. The van der Waals surface area contributed by atoms with Crippen molar-refractivity contribution in [2.45, 2.75) is 19.6 Å². The number of amides is 1. The van der Waals surface area contributed by atoms with Crippen LogP contribution in [0.3, 0.4) is 0 Å². The van der Waals surface area contributed by atoms with Crippen LogP contribution in [0.25, 0.3) is 0 Å². The second-order valence-electron chi connectivity index (χ2n) is 5.83. The van der Waals surface area contributed by atoms with Crippen molar-refractivity contribution in [1.29, 1.82) is 0 Å². The van der Waals surface area contributed by atoms with Crippen LogP contribution in [0.5, 0.6) is 5.75 Å². The number of allylic oxidation sites excluding steroid dienone is 1. The highest BCUT2D eigenvalue weighted by Crippen LogP contribution is 2.20. The molecule has 0 radical (unpaired) electrons. The molecule has 1 N–H and O–H groups in total. The van der Waals surface area contributed by atoms with E-state index in [2.05, 4.69) is 32.9 Å². The van der Waals surface area contributed by atoms with Gasteiger partial charge in [-0.3, -0.25) is 9.48 Å². The number of furan rings is 1. The lowest BCUT2D eigenvalue weighted by Gasteiger charge is -2.09. The van der Waals surface area contributed by atoms with Crippen molar-refractivity contribution in [3.8, 4) is 5.75 Å². The molecule has 0 unspecified atom stereocenters. The zero-order valence-electron chi connectivity index (χ0n) is 14.7. The molecule has 2 aromatic heterocycles. The standard InChI is InChI=1S/C20H20BrN3O3/c1-2-5-15-6-3-4-7-18(15)26-14-17-8-9-19(27-17)20(25)22-10-11-24-13-16(21)12-23-24/h2-4,6-9,12-13H,1,5,10-11,14H2,(H,22,25). The molecule has 1 amide bonds. The Labute approximate surface area is 166 Å². The van der Waals surface area contributed by atoms with Crippen molar-refractivity contribution in [1.82, 2.24) is 15.1 Å². The highest BCUT2D eigenvalue weighted by atomic mass is 79.9. The predicted molar refractivity (Wildman–Crippen MR) is 106 cm³/mol. The molecule has 0 saturated carbocycles. The van der Waals surface area contributed by atoms with Crippen molar-refractivity contribution in [2.24, 2.45) is 0 Å². The van der Waals surface area contributed by atoms with Gasteiger partial charge in [-0.2, -0.15) is 5.10 Å². The molecule has 3 aromatic rings. The zero-order chi connectivity index (χ0) is 19.1. The van der Waals surface area contributed by atoms with Gasteiger partial charge in [-0.05, 0) is 46.1 Å². The smallest absolute Gasteiger partial charge is 0.287 e. The van der Waals surface area contributed by atoms with E-state index >= 15 is 0 Å². The fourth-order valence-corrected chi connectivity index (χ4v) is 2.85. The minimum atomic E-state index is -0.264. The summed E-state index contributed by atoms with van der Waals surface area (Å²) in [6, 6.07) is 11.2. The Morgan fingerprint density at radius 1 is 1.33 bits per heavy atom. The number of carbonyl (C=O) groups excluding carboxylic acids is 1. The summed E-state index contributed by atoms with van der Waals surface area (Å²) in [5.74, 6) is 1.36. The quantitative estimate of drug-likeness (QED) is 0.522. The first-order valence-electron chi connectivity index (χ1n) is 8.52. The fourth-order valence-electron chi connectivity index (χ4n) is 2.53. The zero-order valence-corrected chi connectivity index (χ0v) is 16.3. The number of rotatable bonds is 9. The van der Waals surface area contributed by atoms with Crippen LogP contribution in [-0.4, -0.2) is 22.2 Å². The predicted octanol–water partition coefficient (Wildman–Crippen LogP) is 3.98. The molecule has 140 valence electrons. The Kier molecular flexibility index (Phi) is 6.49. The molecule has 0 aliphatic heterocycles. The minimum absolute atomic E-state index is 0.253. The van der Waals surface area contributed by atoms with Gasteiger partial charge in [0, 0.05) is 12.7 Å². The Balaban J connectivity index is 1.50. The lowest BCUT2D eigenvalue weighted by atomic mass is 10.1. The second-order valence-corrected chi connectivity index (χ2v) is 6.75. The molecule has 0 aliphatic rings. The highest BCUT2D eigenvalue weighted by Gasteiger charge is 2.12. The van der Waals surface area contributed by atoms with Gasteiger partial charge in [0.2, 0.25) is 0 Å². The summed E-state index contributed by atoms with van der Waals surface area (Å²) in [6.45, 7) is 5.04. The maximum absolute atomic E-state index is 12.2. The molecule has 0 fully saturated rings. The Morgan fingerprint density at radius 3 is 2.96 bits per heavy atom. The van der Waals surface area contributed by atoms with Crippen LogP contribution in [0.2, 0.25) is 0 Å². The molecular formula is C20H20BrN3O3. The molecule has 0 saturated heterocycles. The van der Waals surface area contributed by atoms with Gasteiger partial charge in [0.15, 0.2) is 5.76 Å². The van der Waals surface area contributed by atoms with Gasteiger partial charge in [-0.15, -0.1) is 6.58 Å². The summed E-state index contributed by atoms with van der Waals surface area (Å²) in [6.07, 6.45) is 6.11. The number of para-hydroxylation sites is 1. The van der Waals surface area contributed by atoms with Gasteiger partial charge in [0.25, 0.3) is 5.91 Å². The first-order valence-corrected chi connectivity index (χ1v) is 9.31. The van der Waals surface area contributed by atoms with Crippen LogP contribution >= 0.6 is 15.9 Å². The topological polar surface area (TPSA) is 69.3 Å². The molecular weight excluding hydrogens is 410 g/mol. The van der Waals surface area contributed by atoms with E-state index in [1.54, 1.807) is 23.0 Å². The molecule has 3 rings (SSSR count). The van der Waals surface area contributed by atoms with E-state index in [4.69, 9.17) is 9.15 Å². The molecule has 0 spiro atoms. The van der Waals surface area contributed by atoms with Gasteiger partial charge in [-0.1, -0.05) is 24.3 Å². The molecule has 2 heterocycles. The Hall–Kier alpha value is -2.80. The van der Waals surface area contributed by atoms with Gasteiger partial charge in [-0.25, -0.2) is 0 Å². The normalized spacial score (nSPS) is 10.6. The number of benzene rings is 1. The van der Waals surface area contributed by atoms with E-state index < -0.39 is 0 Å². The molecule has 7 heteroatoms. The third-order valence-electron chi connectivity index (χ3n) is 3.82. The molecule has 0 atom stereocenters. The fraction of sp³-hybridized carbons (Fsp3) is 0.200. The van der Waals surface area contributed by atoms with E-state index in [9.17, 15) is 4.79 Å². The van der Waals surface area contributed by atoms with E-state index in [0.29, 0.717) is 18.8 Å². The Bertz CT molecular complexity index is 917. The van der Waals surface area contributed by atoms with Crippen molar-refractivity contribution in [3.63, 3.8) is 0 Å². The van der Waals surface area contributed by atoms with Gasteiger partial charge < -0.3 is 14.5 Å². The van der Waals surface area contributed by atoms with Crippen molar-refractivity contribution >= 4 is 21.8 Å². The maximum Gasteiger partial charge on any atom is 0.287 e.